The van der Waals surface area contributed by atoms with Crippen molar-refractivity contribution >= 4 is 39.2 Å². The minimum absolute atomic E-state index is 0.240. The molecule has 0 aliphatic rings. The van der Waals surface area contributed by atoms with Gasteiger partial charge in [0.1, 0.15) is 5.82 Å². The lowest BCUT2D eigenvalue weighted by atomic mass is 10.3. The molecule has 0 atom stereocenters. The van der Waals surface area contributed by atoms with Crippen molar-refractivity contribution in [3.8, 4) is 0 Å². The first kappa shape index (κ1) is 19.7. The molecule has 1 heterocycles. The van der Waals surface area contributed by atoms with Gasteiger partial charge in [0.2, 0.25) is 5.91 Å². The van der Waals surface area contributed by atoms with Gasteiger partial charge in [-0.3, -0.25) is 4.79 Å². The highest BCUT2D eigenvalue weighted by Gasteiger charge is 2.14. The van der Waals surface area contributed by atoms with Crippen LogP contribution in [0.3, 0.4) is 0 Å². The highest BCUT2D eigenvalue weighted by molar-refractivity contribution is 7.99. The topological polar surface area (TPSA) is 43.6 Å². The van der Waals surface area contributed by atoms with Crippen molar-refractivity contribution in [3.05, 3.63) is 58.9 Å². The predicted molar refractivity (Wildman–Crippen MR) is 104 cm³/mol. The predicted octanol–water partition coefficient (Wildman–Crippen LogP) is 4.24. The summed E-state index contributed by atoms with van der Waals surface area (Å²) in [5, 5.41) is 0. The molecule has 0 fully saturated rings. The van der Waals surface area contributed by atoms with Crippen LogP contribution >= 0.6 is 23.1 Å². The standard InChI is InChI=1S/C19H18F2N2O2S2/c1-25-9-8-23-18-15(21)11-13(20)12-16(18)27-19(23)22-17(24)7-10-26-14-5-3-2-4-6-14/h2-6,11-12H,7-10H2,1H3. The zero-order chi connectivity index (χ0) is 19.2. The fraction of sp³-hybridized carbons (Fsp3) is 0.263. The molecule has 0 radical (unpaired) electrons. The van der Waals surface area contributed by atoms with Crippen molar-refractivity contribution < 1.29 is 18.3 Å². The summed E-state index contributed by atoms with van der Waals surface area (Å²) in [6.45, 7) is 0.651. The molecule has 3 rings (SSSR count). The number of halogens is 2. The van der Waals surface area contributed by atoms with Crippen LogP contribution in [0, 0.1) is 11.6 Å². The van der Waals surface area contributed by atoms with Gasteiger partial charge in [-0.15, -0.1) is 11.8 Å². The Hall–Kier alpha value is -2.03. The van der Waals surface area contributed by atoms with Gasteiger partial charge < -0.3 is 9.30 Å². The van der Waals surface area contributed by atoms with E-state index in [0.29, 0.717) is 28.4 Å². The van der Waals surface area contributed by atoms with Crippen molar-refractivity contribution in [2.75, 3.05) is 19.5 Å². The third-order valence-electron chi connectivity index (χ3n) is 3.76. The molecule has 2 aromatic carbocycles. The number of ether oxygens (including phenoxy) is 1. The van der Waals surface area contributed by atoms with E-state index in [-0.39, 0.29) is 17.8 Å². The molecule has 1 aromatic heterocycles. The van der Waals surface area contributed by atoms with Crippen LogP contribution < -0.4 is 4.80 Å². The molecule has 0 bridgehead atoms. The maximum atomic E-state index is 14.3. The van der Waals surface area contributed by atoms with Crippen molar-refractivity contribution in [3.63, 3.8) is 0 Å². The van der Waals surface area contributed by atoms with E-state index in [2.05, 4.69) is 4.99 Å². The molecule has 0 saturated heterocycles. The number of fused-ring (bicyclic) bond motifs is 1. The molecule has 1 amide bonds. The minimum atomic E-state index is -0.675. The molecule has 8 heteroatoms. The van der Waals surface area contributed by atoms with Gasteiger partial charge in [0.05, 0.1) is 16.8 Å². The van der Waals surface area contributed by atoms with Crippen molar-refractivity contribution in [2.45, 2.75) is 17.9 Å². The number of amides is 1. The van der Waals surface area contributed by atoms with Gasteiger partial charge in [-0.25, -0.2) is 8.78 Å². The monoisotopic (exact) mass is 408 g/mol. The average molecular weight is 408 g/mol. The second-order valence-electron chi connectivity index (χ2n) is 5.68. The third-order valence-corrected chi connectivity index (χ3v) is 5.80. The van der Waals surface area contributed by atoms with Crippen molar-refractivity contribution in [1.82, 2.24) is 4.57 Å². The summed E-state index contributed by atoms with van der Waals surface area (Å²) in [7, 11) is 1.54. The number of hydrogen-bond acceptors (Lipinski definition) is 4. The minimum Gasteiger partial charge on any atom is -0.383 e. The highest BCUT2D eigenvalue weighted by atomic mass is 32.2. The van der Waals surface area contributed by atoms with Gasteiger partial charge >= 0.3 is 0 Å². The summed E-state index contributed by atoms with van der Waals surface area (Å²) in [5.41, 5.74) is 0.240. The van der Waals surface area contributed by atoms with Gasteiger partial charge in [0.25, 0.3) is 0 Å². The lowest BCUT2D eigenvalue weighted by molar-refractivity contribution is -0.117. The summed E-state index contributed by atoms with van der Waals surface area (Å²) in [6.07, 6.45) is 0.259. The second kappa shape index (κ2) is 9.25. The smallest absolute Gasteiger partial charge is 0.249 e. The Kier molecular flexibility index (Phi) is 6.76. The Morgan fingerprint density at radius 1 is 1.26 bits per heavy atom. The molecule has 0 N–H and O–H groups in total. The first-order valence-corrected chi connectivity index (χ1v) is 10.1. The molecule has 4 nitrogen and oxygen atoms in total. The molecular weight excluding hydrogens is 390 g/mol. The number of carbonyl (C=O) groups is 1. The van der Waals surface area contributed by atoms with Crippen LogP contribution in [-0.4, -0.2) is 29.9 Å². The van der Waals surface area contributed by atoms with E-state index >= 15 is 0 Å². The number of thiazole rings is 1. The van der Waals surface area contributed by atoms with Crippen molar-refractivity contribution in [2.24, 2.45) is 4.99 Å². The fourth-order valence-corrected chi connectivity index (χ4v) is 4.51. The molecule has 0 aliphatic heterocycles. The Labute approximate surface area is 163 Å². The van der Waals surface area contributed by atoms with E-state index in [9.17, 15) is 13.6 Å². The zero-order valence-electron chi connectivity index (χ0n) is 14.7. The van der Waals surface area contributed by atoms with Crippen LogP contribution in [0.15, 0.2) is 52.4 Å². The number of nitrogens with zero attached hydrogens (tertiary/aromatic N) is 2. The van der Waals surface area contributed by atoms with E-state index in [1.165, 1.54) is 13.2 Å². The van der Waals surface area contributed by atoms with Crippen molar-refractivity contribution in [1.29, 1.82) is 0 Å². The third kappa shape index (κ3) is 5.03. The molecule has 0 unspecified atom stereocenters. The number of benzene rings is 2. The first-order chi connectivity index (χ1) is 13.1. The summed E-state index contributed by atoms with van der Waals surface area (Å²) >= 11 is 2.67. The number of hydrogen-bond donors (Lipinski definition) is 0. The van der Waals surface area contributed by atoms with Gasteiger partial charge in [0.15, 0.2) is 10.6 Å². The van der Waals surface area contributed by atoms with Gasteiger partial charge in [-0.05, 0) is 18.2 Å². The molecule has 3 aromatic rings. The Bertz CT molecular complexity index is 1000. The highest BCUT2D eigenvalue weighted by Crippen LogP contribution is 2.22. The quantitative estimate of drug-likeness (QED) is 0.550. The summed E-state index contributed by atoms with van der Waals surface area (Å²) in [5.74, 6) is -1.03. The number of methoxy groups -OCH3 is 1. The number of carbonyl (C=O) groups excluding carboxylic acids is 1. The van der Waals surface area contributed by atoms with E-state index in [4.69, 9.17) is 4.74 Å². The molecule has 0 saturated carbocycles. The Balaban J connectivity index is 1.83. The lowest BCUT2D eigenvalue weighted by Crippen LogP contribution is -2.20. The van der Waals surface area contributed by atoms with Gasteiger partial charge in [0, 0.05) is 36.8 Å². The van der Waals surface area contributed by atoms with Gasteiger partial charge in [-0.1, -0.05) is 29.5 Å². The van der Waals surface area contributed by atoms with Crippen LogP contribution in [0.4, 0.5) is 8.78 Å². The SMILES string of the molecule is COCCn1c(=NC(=O)CCSc2ccccc2)sc2cc(F)cc(F)c21. The molecular formula is C19H18F2N2O2S2. The number of aromatic nitrogens is 1. The molecule has 142 valence electrons. The van der Waals surface area contributed by atoms with E-state index in [0.717, 1.165) is 22.3 Å². The van der Waals surface area contributed by atoms with Crippen LogP contribution in [0.25, 0.3) is 10.2 Å². The molecule has 0 spiro atoms. The normalized spacial score (nSPS) is 12.0. The summed E-state index contributed by atoms with van der Waals surface area (Å²) in [4.78, 5) is 17.8. The Morgan fingerprint density at radius 2 is 2.04 bits per heavy atom. The fourth-order valence-electron chi connectivity index (χ4n) is 2.54. The Morgan fingerprint density at radius 3 is 2.78 bits per heavy atom. The van der Waals surface area contributed by atoms with Crippen LogP contribution in [0.5, 0.6) is 0 Å². The largest absolute Gasteiger partial charge is 0.383 e. The van der Waals surface area contributed by atoms with E-state index in [1.54, 1.807) is 16.3 Å². The zero-order valence-corrected chi connectivity index (χ0v) is 16.3. The second-order valence-corrected chi connectivity index (χ2v) is 7.86. The summed E-state index contributed by atoms with van der Waals surface area (Å²) in [6, 6.07) is 11.9. The molecule has 27 heavy (non-hydrogen) atoms. The van der Waals surface area contributed by atoms with Crippen LogP contribution in [-0.2, 0) is 16.1 Å². The number of rotatable bonds is 7. The maximum absolute atomic E-state index is 14.3. The van der Waals surface area contributed by atoms with E-state index < -0.39 is 11.6 Å². The summed E-state index contributed by atoms with van der Waals surface area (Å²) < 4.78 is 34.8. The maximum Gasteiger partial charge on any atom is 0.249 e. The molecule has 0 aliphatic carbocycles. The van der Waals surface area contributed by atoms with Crippen LogP contribution in [0.1, 0.15) is 6.42 Å². The average Bonchev–Trinajstić information content (AvgIpc) is 2.97. The number of thioether (sulfide) groups is 1. The lowest BCUT2D eigenvalue weighted by Gasteiger charge is -2.05. The van der Waals surface area contributed by atoms with E-state index in [1.807, 2.05) is 30.3 Å². The van der Waals surface area contributed by atoms with Crippen LogP contribution in [0.2, 0.25) is 0 Å². The van der Waals surface area contributed by atoms with Gasteiger partial charge in [-0.2, -0.15) is 4.99 Å². The first-order valence-electron chi connectivity index (χ1n) is 8.31.